The van der Waals surface area contributed by atoms with Gasteiger partial charge >= 0.3 is 0 Å². The molecule has 1 amide bonds. The largest absolute Gasteiger partial charge is 0.341 e. The number of carbonyl (C=O) groups excluding carboxylic acids is 1. The number of unbranched alkanes of at least 4 members (excludes halogenated alkanes) is 5. The average molecular weight is 290 g/mol. The lowest BCUT2D eigenvalue weighted by Gasteiger charge is -2.19. The molecule has 0 saturated heterocycles. The van der Waals surface area contributed by atoms with Crippen LogP contribution in [0.1, 0.15) is 63.0 Å². The third-order valence-electron chi connectivity index (χ3n) is 3.92. The van der Waals surface area contributed by atoms with Crippen LogP contribution in [0.3, 0.4) is 0 Å². The third-order valence-corrected chi connectivity index (χ3v) is 3.92. The van der Waals surface area contributed by atoms with Gasteiger partial charge in [0.05, 0.1) is 0 Å². The van der Waals surface area contributed by atoms with E-state index in [1.807, 2.05) is 30.1 Å². The van der Waals surface area contributed by atoms with Crippen LogP contribution in [0.2, 0.25) is 0 Å². The zero-order valence-electron chi connectivity index (χ0n) is 13.6. The van der Waals surface area contributed by atoms with Crippen molar-refractivity contribution in [1.29, 1.82) is 0 Å². The SMILES string of the molecule is CCCCCCCCC(=O)N(C)Cc1ccccc1CN. The first-order chi connectivity index (χ1) is 10.2. The van der Waals surface area contributed by atoms with Crippen LogP contribution in [0.5, 0.6) is 0 Å². The van der Waals surface area contributed by atoms with Crippen LogP contribution in [0, 0.1) is 0 Å². The van der Waals surface area contributed by atoms with E-state index in [4.69, 9.17) is 5.73 Å². The highest BCUT2D eigenvalue weighted by Crippen LogP contribution is 2.12. The van der Waals surface area contributed by atoms with Gasteiger partial charge in [0.2, 0.25) is 5.91 Å². The first-order valence-corrected chi connectivity index (χ1v) is 8.19. The minimum absolute atomic E-state index is 0.234. The fourth-order valence-corrected chi connectivity index (χ4v) is 2.50. The fourth-order valence-electron chi connectivity index (χ4n) is 2.50. The van der Waals surface area contributed by atoms with Crippen LogP contribution < -0.4 is 5.73 Å². The summed E-state index contributed by atoms with van der Waals surface area (Å²) in [6.07, 6.45) is 7.95. The van der Waals surface area contributed by atoms with Gasteiger partial charge in [0.25, 0.3) is 0 Å². The quantitative estimate of drug-likeness (QED) is 0.665. The highest BCUT2D eigenvalue weighted by molar-refractivity contribution is 5.75. The number of benzene rings is 1. The number of rotatable bonds is 10. The molecule has 21 heavy (non-hydrogen) atoms. The van der Waals surface area contributed by atoms with Crippen molar-refractivity contribution in [3.05, 3.63) is 35.4 Å². The zero-order chi connectivity index (χ0) is 15.5. The fraction of sp³-hybridized carbons (Fsp3) is 0.611. The van der Waals surface area contributed by atoms with E-state index in [-0.39, 0.29) is 5.91 Å². The summed E-state index contributed by atoms with van der Waals surface area (Å²) in [4.78, 5) is 14.0. The van der Waals surface area contributed by atoms with E-state index in [2.05, 4.69) is 13.0 Å². The molecule has 0 atom stereocenters. The molecular weight excluding hydrogens is 260 g/mol. The highest BCUT2D eigenvalue weighted by atomic mass is 16.2. The predicted octanol–water partition coefficient (Wildman–Crippen LogP) is 3.85. The molecule has 0 bridgehead atoms. The Balaban J connectivity index is 2.31. The van der Waals surface area contributed by atoms with Crippen LogP contribution in [-0.4, -0.2) is 17.9 Å². The maximum Gasteiger partial charge on any atom is 0.222 e. The summed E-state index contributed by atoms with van der Waals surface area (Å²) < 4.78 is 0. The van der Waals surface area contributed by atoms with Crippen molar-refractivity contribution in [2.45, 2.75) is 65.0 Å². The molecule has 0 radical (unpaired) electrons. The van der Waals surface area contributed by atoms with E-state index in [0.29, 0.717) is 19.5 Å². The Morgan fingerprint density at radius 3 is 2.33 bits per heavy atom. The minimum Gasteiger partial charge on any atom is -0.341 e. The Morgan fingerprint density at radius 2 is 1.67 bits per heavy atom. The number of nitrogens with zero attached hydrogens (tertiary/aromatic N) is 1. The molecule has 3 heteroatoms. The Bertz CT molecular complexity index is 417. The van der Waals surface area contributed by atoms with Crippen molar-refractivity contribution in [3.8, 4) is 0 Å². The Hall–Kier alpha value is -1.35. The van der Waals surface area contributed by atoms with Gasteiger partial charge in [-0.3, -0.25) is 4.79 Å². The van der Waals surface area contributed by atoms with Crippen LogP contribution in [0.25, 0.3) is 0 Å². The van der Waals surface area contributed by atoms with Gasteiger partial charge < -0.3 is 10.6 Å². The van der Waals surface area contributed by atoms with Gasteiger partial charge in [-0.2, -0.15) is 0 Å². The molecule has 0 aromatic heterocycles. The number of nitrogens with two attached hydrogens (primary N) is 1. The van der Waals surface area contributed by atoms with Crippen molar-refractivity contribution in [1.82, 2.24) is 4.90 Å². The second-order valence-corrected chi connectivity index (χ2v) is 5.74. The van der Waals surface area contributed by atoms with Gasteiger partial charge in [-0.1, -0.05) is 63.3 Å². The van der Waals surface area contributed by atoms with Gasteiger partial charge in [0.1, 0.15) is 0 Å². The molecule has 2 N–H and O–H groups in total. The van der Waals surface area contributed by atoms with Crippen molar-refractivity contribution in [2.75, 3.05) is 7.05 Å². The number of hydrogen-bond acceptors (Lipinski definition) is 2. The molecule has 0 heterocycles. The molecule has 0 aliphatic heterocycles. The molecule has 0 spiro atoms. The maximum atomic E-state index is 12.1. The molecule has 0 saturated carbocycles. The first-order valence-electron chi connectivity index (χ1n) is 8.19. The van der Waals surface area contributed by atoms with Gasteiger partial charge in [0, 0.05) is 26.6 Å². The molecule has 1 aromatic carbocycles. The van der Waals surface area contributed by atoms with E-state index in [9.17, 15) is 4.79 Å². The second-order valence-electron chi connectivity index (χ2n) is 5.74. The summed E-state index contributed by atoms with van der Waals surface area (Å²) in [5.74, 6) is 0.234. The summed E-state index contributed by atoms with van der Waals surface area (Å²) in [5, 5.41) is 0. The van der Waals surface area contributed by atoms with E-state index >= 15 is 0 Å². The standard InChI is InChI=1S/C18H30N2O/c1-3-4-5-6-7-8-13-18(21)20(2)15-17-12-10-9-11-16(17)14-19/h9-12H,3-8,13-15,19H2,1-2H3. The number of carbonyl (C=O) groups is 1. The zero-order valence-corrected chi connectivity index (χ0v) is 13.6. The van der Waals surface area contributed by atoms with E-state index in [1.165, 1.54) is 32.1 Å². The first kappa shape index (κ1) is 17.7. The molecule has 0 unspecified atom stereocenters. The minimum atomic E-state index is 0.234. The lowest BCUT2D eigenvalue weighted by molar-refractivity contribution is -0.130. The summed E-state index contributed by atoms with van der Waals surface area (Å²) >= 11 is 0. The van der Waals surface area contributed by atoms with Crippen LogP contribution in [-0.2, 0) is 17.9 Å². The number of amides is 1. The van der Waals surface area contributed by atoms with Crippen molar-refractivity contribution in [2.24, 2.45) is 5.73 Å². The van der Waals surface area contributed by atoms with E-state index in [0.717, 1.165) is 17.5 Å². The molecule has 118 valence electrons. The lowest BCUT2D eigenvalue weighted by Crippen LogP contribution is -2.26. The number of hydrogen-bond donors (Lipinski definition) is 1. The van der Waals surface area contributed by atoms with Gasteiger partial charge in [-0.05, 0) is 17.5 Å². The maximum absolute atomic E-state index is 12.1. The molecule has 1 rings (SSSR count). The van der Waals surface area contributed by atoms with E-state index < -0.39 is 0 Å². The normalized spacial score (nSPS) is 10.6. The Labute approximate surface area is 129 Å². The summed E-state index contributed by atoms with van der Waals surface area (Å²) in [6.45, 7) is 3.40. The topological polar surface area (TPSA) is 46.3 Å². The monoisotopic (exact) mass is 290 g/mol. The van der Waals surface area contributed by atoms with Crippen LogP contribution in [0.15, 0.2) is 24.3 Å². The summed E-state index contributed by atoms with van der Waals surface area (Å²) in [6, 6.07) is 8.07. The van der Waals surface area contributed by atoms with Crippen LogP contribution >= 0.6 is 0 Å². The molecule has 0 aliphatic carbocycles. The van der Waals surface area contributed by atoms with Crippen molar-refractivity contribution >= 4 is 5.91 Å². The smallest absolute Gasteiger partial charge is 0.222 e. The van der Waals surface area contributed by atoms with Gasteiger partial charge in [-0.15, -0.1) is 0 Å². The molecule has 3 nitrogen and oxygen atoms in total. The van der Waals surface area contributed by atoms with Crippen LogP contribution in [0.4, 0.5) is 0 Å². The predicted molar refractivity (Wildman–Crippen MR) is 88.8 cm³/mol. The van der Waals surface area contributed by atoms with Crippen molar-refractivity contribution in [3.63, 3.8) is 0 Å². The van der Waals surface area contributed by atoms with Crippen molar-refractivity contribution < 1.29 is 4.79 Å². The summed E-state index contributed by atoms with van der Waals surface area (Å²) in [7, 11) is 1.88. The second kappa shape index (κ2) is 10.4. The summed E-state index contributed by atoms with van der Waals surface area (Å²) in [5.41, 5.74) is 8.01. The Kier molecular flexibility index (Phi) is 8.76. The van der Waals surface area contributed by atoms with Gasteiger partial charge in [0.15, 0.2) is 0 Å². The average Bonchev–Trinajstić information content (AvgIpc) is 2.51. The molecule has 0 fully saturated rings. The molecule has 1 aromatic rings. The Morgan fingerprint density at radius 1 is 1.05 bits per heavy atom. The van der Waals surface area contributed by atoms with E-state index in [1.54, 1.807) is 0 Å². The van der Waals surface area contributed by atoms with Gasteiger partial charge in [-0.25, -0.2) is 0 Å². The third kappa shape index (κ3) is 6.76. The lowest BCUT2D eigenvalue weighted by atomic mass is 10.1. The molecule has 0 aliphatic rings. The highest BCUT2D eigenvalue weighted by Gasteiger charge is 2.10. The molecular formula is C18H30N2O.